The molecule has 2 aromatic rings. The zero-order valence-electron chi connectivity index (χ0n) is 16.6. The molecule has 2 atom stereocenters. The van der Waals surface area contributed by atoms with E-state index in [4.69, 9.17) is 0 Å². The molecule has 1 aliphatic heterocycles. The first-order chi connectivity index (χ1) is 14.5. The quantitative estimate of drug-likeness (QED) is 0.723. The molecule has 2 unspecified atom stereocenters. The van der Waals surface area contributed by atoms with E-state index in [-0.39, 0.29) is 6.54 Å². The van der Waals surface area contributed by atoms with Crippen LogP contribution in [-0.4, -0.2) is 35.3 Å². The Morgan fingerprint density at radius 1 is 1.33 bits per heavy atom. The molecule has 1 aliphatic carbocycles. The van der Waals surface area contributed by atoms with Crippen LogP contribution < -0.4 is 10.6 Å². The molecule has 30 heavy (non-hydrogen) atoms. The molecule has 1 fully saturated rings. The Bertz CT molecular complexity index is 1040. The first kappa shape index (κ1) is 20.1. The number of urea groups is 1. The van der Waals surface area contributed by atoms with E-state index in [2.05, 4.69) is 23.6 Å². The van der Waals surface area contributed by atoms with Crippen molar-refractivity contribution in [2.24, 2.45) is 5.92 Å². The van der Waals surface area contributed by atoms with Crippen molar-refractivity contribution >= 4 is 34.2 Å². The third-order valence-corrected chi connectivity index (χ3v) is 6.74. The number of imide groups is 1. The van der Waals surface area contributed by atoms with Crippen molar-refractivity contribution in [2.75, 3.05) is 11.9 Å². The van der Waals surface area contributed by atoms with Gasteiger partial charge in [0.05, 0.1) is 5.56 Å². The van der Waals surface area contributed by atoms with Crippen LogP contribution in [0, 0.1) is 17.2 Å². The summed E-state index contributed by atoms with van der Waals surface area (Å²) in [5.41, 5.74) is 2.46. The monoisotopic (exact) mass is 422 g/mol. The summed E-state index contributed by atoms with van der Waals surface area (Å²) in [5, 5.41) is 15.5. The van der Waals surface area contributed by atoms with Crippen LogP contribution in [0.2, 0.25) is 0 Å². The zero-order valence-corrected chi connectivity index (χ0v) is 17.4. The van der Waals surface area contributed by atoms with Crippen molar-refractivity contribution in [3.63, 3.8) is 0 Å². The van der Waals surface area contributed by atoms with Crippen LogP contribution in [-0.2, 0) is 28.9 Å². The number of amides is 4. The van der Waals surface area contributed by atoms with Gasteiger partial charge in [0.15, 0.2) is 0 Å². The smallest absolute Gasteiger partial charge is 0.325 e. The van der Waals surface area contributed by atoms with Crippen LogP contribution in [0.25, 0.3) is 0 Å². The second kappa shape index (κ2) is 8.28. The number of rotatable bonds is 5. The summed E-state index contributed by atoms with van der Waals surface area (Å²) in [6, 6.07) is 10.3. The fraction of sp³-hybridized carbons (Fsp3) is 0.364. The van der Waals surface area contributed by atoms with Gasteiger partial charge in [-0.1, -0.05) is 37.3 Å². The van der Waals surface area contributed by atoms with E-state index in [0.29, 0.717) is 22.9 Å². The van der Waals surface area contributed by atoms with E-state index in [9.17, 15) is 19.6 Å². The third-order valence-electron chi connectivity index (χ3n) is 5.57. The lowest BCUT2D eigenvalue weighted by atomic mass is 9.89. The van der Waals surface area contributed by atoms with Gasteiger partial charge < -0.3 is 10.6 Å². The minimum atomic E-state index is -0.682. The Morgan fingerprint density at radius 3 is 2.83 bits per heavy atom. The summed E-state index contributed by atoms with van der Waals surface area (Å²) in [6.07, 6.45) is 3.13. The number of hydrogen-bond acceptors (Lipinski definition) is 5. The number of anilines is 1. The second-order valence-corrected chi connectivity index (χ2v) is 8.94. The molecule has 0 saturated carbocycles. The fourth-order valence-corrected chi connectivity index (χ4v) is 5.36. The lowest BCUT2D eigenvalue weighted by Gasteiger charge is -2.17. The molecule has 0 radical (unpaired) electrons. The van der Waals surface area contributed by atoms with Crippen molar-refractivity contribution in [1.29, 1.82) is 5.26 Å². The second-order valence-electron chi connectivity index (χ2n) is 7.83. The standard InChI is InChI=1S/C22H22N4O3S/c1-13-7-8-15-16(11-23)20(30-18(15)9-13)25-19(27)12-26-21(28)17(24-22(26)29)10-14-5-3-2-4-6-14/h2-6,13,17H,7-10,12H2,1H3,(H,24,29)(H,25,27). The number of carbonyl (C=O) groups excluding carboxylic acids is 3. The van der Waals surface area contributed by atoms with Crippen molar-refractivity contribution in [1.82, 2.24) is 10.2 Å². The summed E-state index contributed by atoms with van der Waals surface area (Å²) < 4.78 is 0. The maximum absolute atomic E-state index is 12.6. The van der Waals surface area contributed by atoms with E-state index >= 15 is 0 Å². The molecule has 8 heteroatoms. The Balaban J connectivity index is 1.43. The SMILES string of the molecule is CC1CCc2c(sc(NC(=O)CN3C(=O)NC(Cc4ccccc4)C3=O)c2C#N)C1. The highest BCUT2D eigenvalue weighted by atomic mass is 32.1. The lowest BCUT2D eigenvalue weighted by Crippen LogP contribution is -2.38. The van der Waals surface area contributed by atoms with Crippen LogP contribution >= 0.6 is 11.3 Å². The average Bonchev–Trinajstić information content (AvgIpc) is 3.19. The summed E-state index contributed by atoms with van der Waals surface area (Å²) in [7, 11) is 0. The van der Waals surface area contributed by atoms with Crippen LogP contribution in [0.4, 0.5) is 9.80 Å². The molecule has 1 aromatic carbocycles. The third kappa shape index (κ3) is 3.94. The Labute approximate surface area is 178 Å². The number of nitriles is 1. The summed E-state index contributed by atoms with van der Waals surface area (Å²) in [5.74, 6) is -0.348. The molecular formula is C22H22N4O3S. The molecule has 4 amide bonds. The normalized spacial score (nSPS) is 20.5. The van der Waals surface area contributed by atoms with Crippen molar-refractivity contribution < 1.29 is 14.4 Å². The number of carbonyl (C=O) groups is 3. The van der Waals surface area contributed by atoms with Crippen LogP contribution in [0.5, 0.6) is 0 Å². The van der Waals surface area contributed by atoms with Gasteiger partial charge in [0.2, 0.25) is 5.91 Å². The van der Waals surface area contributed by atoms with Crippen LogP contribution in [0.1, 0.15) is 34.9 Å². The maximum Gasteiger partial charge on any atom is 0.325 e. The van der Waals surface area contributed by atoms with Gasteiger partial charge in [0.25, 0.3) is 5.91 Å². The number of hydrogen-bond donors (Lipinski definition) is 2. The van der Waals surface area contributed by atoms with Crippen molar-refractivity contribution in [2.45, 2.75) is 38.6 Å². The van der Waals surface area contributed by atoms with E-state index in [1.165, 1.54) is 11.3 Å². The fourth-order valence-electron chi connectivity index (χ4n) is 3.98. The minimum Gasteiger partial charge on any atom is -0.325 e. The van der Waals surface area contributed by atoms with Crippen molar-refractivity contribution in [3.8, 4) is 6.07 Å². The predicted molar refractivity (Wildman–Crippen MR) is 113 cm³/mol. The van der Waals surface area contributed by atoms with E-state index < -0.39 is 23.9 Å². The van der Waals surface area contributed by atoms with Gasteiger partial charge in [0, 0.05) is 11.3 Å². The number of nitrogens with one attached hydrogen (secondary N) is 2. The Kier molecular flexibility index (Phi) is 5.55. The van der Waals surface area contributed by atoms with Gasteiger partial charge in [-0.05, 0) is 36.3 Å². The Hall–Kier alpha value is -3.18. The molecule has 2 heterocycles. The molecule has 0 bridgehead atoms. The van der Waals surface area contributed by atoms with Crippen LogP contribution in [0.3, 0.4) is 0 Å². The van der Waals surface area contributed by atoms with Gasteiger partial charge in [-0.15, -0.1) is 11.3 Å². The number of thiophene rings is 1. The average molecular weight is 423 g/mol. The summed E-state index contributed by atoms with van der Waals surface area (Å²) >= 11 is 1.42. The molecule has 154 valence electrons. The van der Waals surface area contributed by atoms with Crippen molar-refractivity contribution in [3.05, 3.63) is 51.9 Å². The molecule has 7 nitrogen and oxygen atoms in total. The number of fused-ring (bicyclic) bond motifs is 1. The molecule has 1 saturated heterocycles. The van der Waals surface area contributed by atoms with Gasteiger partial charge >= 0.3 is 6.03 Å². The van der Waals surface area contributed by atoms with Crippen LogP contribution in [0.15, 0.2) is 30.3 Å². The molecule has 4 rings (SSSR count). The maximum atomic E-state index is 12.6. The molecular weight excluding hydrogens is 400 g/mol. The molecule has 2 aliphatic rings. The highest BCUT2D eigenvalue weighted by Gasteiger charge is 2.39. The predicted octanol–water partition coefficient (Wildman–Crippen LogP) is 2.85. The highest BCUT2D eigenvalue weighted by Crippen LogP contribution is 2.39. The van der Waals surface area contributed by atoms with Gasteiger partial charge in [-0.3, -0.25) is 14.5 Å². The number of benzene rings is 1. The van der Waals surface area contributed by atoms with E-state index in [0.717, 1.165) is 40.2 Å². The zero-order chi connectivity index (χ0) is 21.3. The lowest BCUT2D eigenvalue weighted by molar-refractivity contribution is -0.130. The summed E-state index contributed by atoms with van der Waals surface area (Å²) in [6.45, 7) is 1.80. The van der Waals surface area contributed by atoms with Gasteiger partial charge in [0.1, 0.15) is 23.7 Å². The number of nitrogens with zero attached hydrogens (tertiary/aromatic N) is 2. The van der Waals surface area contributed by atoms with E-state index in [1.54, 1.807) is 0 Å². The van der Waals surface area contributed by atoms with E-state index in [1.807, 2.05) is 30.3 Å². The molecule has 2 N–H and O–H groups in total. The first-order valence-electron chi connectivity index (χ1n) is 9.96. The highest BCUT2D eigenvalue weighted by molar-refractivity contribution is 7.16. The molecule has 1 aromatic heterocycles. The minimum absolute atomic E-state index is 0.373. The Morgan fingerprint density at radius 2 is 2.10 bits per heavy atom. The van der Waals surface area contributed by atoms with Gasteiger partial charge in [-0.25, -0.2) is 4.79 Å². The topological polar surface area (TPSA) is 102 Å². The first-order valence-corrected chi connectivity index (χ1v) is 10.8. The van der Waals surface area contributed by atoms with Gasteiger partial charge in [-0.2, -0.15) is 5.26 Å². The molecule has 0 spiro atoms. The largest absolute Gasteiger partial charge is 0.325 e. The summed E-state index contributed by atoms with van der Waals surface area (Å²) in [4.78, 5) is 39.5.